The fourth-order valence-corrected chi connectivity index (χ4v) is 3.29. The highest BCUT2D eigenvalue weighted by molar-refractivity contribution is 5.64. The van der Waals surface area contributed by atoms with Gasteiger partial charge >= 0.3 is 0 Å². The number of nitro groups is 1. The predicted molar refractivity (Wildman–Crippen MR) is 99.5 cm³/mol. The van der Waals surface area contributed by atoms with E-state index in [4.69, 9.17) is 4.74 Å². The molecule has 0 saturated heterocycles. The van der Waals surface area contributed by atoms with Crippen molar-refractivity contribution in [2.24, 2.45) is 0 Å². The van der Waals surface area contributed by atoms with Crippen LogP contribution in [0.25, 0.3) is 0 Å². The molecular weight excluding hydrogens is 353 g/mol. The molecule has 1 aliphatic heterocycles. The van der Waals surface area contributed by atoms with Crippen molar-refractivity contribution in [1.29, 1.82) is 0 Å². The number of fused-ring (bicyclic) bond motifs is 1. The Hall–Kier alpha value is -2.71. The fraction of sp³-hybridized carbons (Fsp3) is 0.368. The van der Waals surface area contributed by atoms with Gasteiger partial charge in [0.1, 0.15) is 5.69 Å². The number of aliphatic hydroxyl groups excluding tert-OH is 1. The van der Waals surface area contributed by atoms with Crippen molar-refractivity contribution in [2.75, 3.05) is 32.1 Å². The summed E-state index contributed by atoms with van der Waals surface area (Å²) in [5, 5.41) is 24.3. The molecule has 2 aromatic carbocycles. The molecular formula is C19H22FN3O4. The molecule has 1 aliphatic rings. The van der Waals surface area contributed by atoms with Gasteiger partial charge in [0, 0.05) is 32.2 Å². The smallest absolute Gasteiger partial charge is 0.295 e. The minimum absolute atomic E-state index is 0.0924. The Morgan fingerprint density at radius 2 is 2.11 bits per heavy atom. The van der Waals surface area contributed by atoms with Crippen LogP contribution in [0.1, 0.15) is 11.1 Å². The molecule has 2 N–H and O–H groups in total. The predicted octanol–water partition coefficient (Wildman–Crippen LogP) is 2.57. The van der Waals surface area contributed by atoms with Crippen molar-refractivity contribution < 1.29 is 19.2 Å². The van der Waals surface area contributed by atoms with Crippen molar-refractivity contribution in [3.05, 3.63) is 63.5 Å². The lowest BCUT2D eigenvalue weighted by Gasteiger charge is -2.30. The largest absolute Gasteiger partial charge is 0.494 e. The zero-order chi connectivity index (χ0) is 19.4. The summed E-state index contributed by atoms with van der Waals surface area (Å²) in [5.74, 6) is -0.896. The number of methoxy groups -OCH3 is 1. The normalized spacial score (nSPS) is 15.1. The number of halogens is 1. The first-order chi connectivity index (χ1) is 13.0. The highest BCUT2D eigenvalue weighted by Crippen LogP contribution is 2.31. The lowest BCUT2D eigenvalue weighted by molar-refractivity contribution is -0.384. The zero-order valence-electron chi connectivity index (χ0n) is 15.0. The van der Waals surface area contributed by atoms with Gasteiger partial charge in [0.05, 0.1) is 24.2 Å². The van der Waals surface area contributed by atoms with Gasteiger partial charge in [-0.2, -0.15) is 0 Å². The molecule has 0 radical (unpaired) electrons. The maximum atomic E-state index is 13.7. The molecule has 3 rings (SSSR count). The van der Waals surface area contributed by atoms with Gasteiger partial charge in [-0.3, -0.25) is 15.0 Å². The molecule has 0 bridgehead atoms. The Labute approximate surface area is 156 Å². The molecule has 2 aromatic rings. The van der Waals surface area contributed by atoms with Crippen molar-refractivity contribution >= 4 is 11.4 Å². The number of nitrogens with zero attached hydrogens (tertiary/aromatic N) is 2. The van der Waals surface area contributed by atoms with Crippen LogP contribution in [0.15, 0.2) is 36.4 Å². The summed E-state index contributed by atoms with van der Waals surface area (Å²) < 4.78 is 18.6. The number of β-amino-alcohol motifs (C(OH)–C–C–N with tert-alkyl or cyclic N) is 1. The molecule has 0 aliphatic carbocycles. The van der Waals surface area contributed by atoms with Crippen molar-refractivity contribution in [3.8, 4) is 5.75 Å². The molecule has 0 amide bonds. The number of aliphatic hydroxyl groups is 1. The van der Waals surface area contributed by atoms with Gasteiger partial charge in [-0.1, -0.05) is 24.3 Å². The van der Waals surface area contributed by atoms with E-state index >= 15 is 0 Å². The van der Waals surface area contributed by atoms with E-state index in [2.05, 4.69) is 22.3 Å². The third-order valence-electron chi connectivity index (χ3n) is 4.67. The van der Waals surface area contributed by atoms with Gasteiger partial charge in [-0.05, 0) is 17.5 Å². The van der Waals surface area contributed by atoms with Crippen LogP contribution in [0.2, 0.25) is 0 Å². The van der Waals surface area contributed by atoms with Crippen LogP contribution >= 0.6 is 0 Å². The SMILES string of the molecule is COc1cc(NCC(O)CN2CCc3ccccc3C2)c([N+](=O)[O-])cc1F. The summed E-state index contributed by atoms with van der Waals surface area (Å²) in [7, 11) is 1.29. The first-order valence-electron chi connectivity index (χ1n) is 8.71. The van der Waals surface area contributed by atoms with Crippen LogP contribution in [0.4, 0.5) is 15.8 Å². The van der Waals surface area contributed by atoms with E-state index in [1.54, 1.807) is 0 Å². The Bertz CT molecular complexity index is 831. The fourth-order valence-electron chi connectivity index (χ4n) is 3.29. The van der Waals surface area contributed by atoms with Crippen LogP contribution in [0.3, 0.4) is 0 Å². The minimum Gasteiger partial charge on any atom is -0.494 e. The second kappa shape index (κ2) is 8.32. The number of ether oxygens (including phenoxy) is 1. The highest BCUT2D eigenvalue weighted by atomic mass is 19.1. The molecule has 1 unspecified atom stereocenters. The number of anilines is 1. The molecule has 7 nitrogen and oxygen atoms in total. The van der Waals surface area contributed by atoms with Gasteiger partial charge in [-0.15, -0.1) is 0 Å². The minimum atomic E-state index is -0.803. The first kappa shape index (κ1) is 19.1. The number of hydrogen-bond acceptors (Lipinski definition) is 6. The van der Waals surface area contributed by atoms with E-state index in [0.29, 0.717) is 6.54 Å². The quantitative estimate of drug-likeness (QED) is 0.571. The standard InChI is InChI=1S/C19H22FN3O4/c1-27-19-9-17(18(23(25)26)8-16(19)20)21-10-15(24)12-22-7-6-13-4-2-3-5-14(13)11-22/h2-5,8-9,15,21,24H,6-7,10-12H2,1H3. The second-order valence-corrected chi connectivity index (χ2v) is 6.55. The van der Waals surface area contributed by atoms with E-state index in [9.17, 15) is 19.6 Å². The summed E-state index contributed by atoms with van der Waals surface area (Å²) in [5.41, 5.74) is 2.30. The maximum Gasteiger partial charge on any atom is 0.295 e. The van der Waals surface area contributed by atoms with Crippen molar-refractivity contribution in [2.45, 2.75) is 19.1 Å². The molecule has 144 valence electrons. The van der Waals surface area contributed by atoms with Gasteiger partial charge in [-0.25, -0.2) is 4.39 Å². The van der Waals surface area contributed by atoms with E-state index in [1.165, 1.54) is 24.3 Å². The van der Waals surface area contributed by atoms with E-state index in [0.717, 1.165) is 25.6 Å². The Balaban J connectivity index is 1.61. The molecule has 27 heavy (non-hydrogen) atoms. The molecule has 0 spiro atoms. The average molecular weight is 375 g/mol. The number of hydrogen-bond donors (Lipinski definition) is 2. The third-order valence-corrected chi connectivity index (χ3v) is 4.67. The van der Waals surface area contributed by atoms with E-state index in [-0.39, 0.29) is 18.0 Å². The summed E-state index contributed by atoms with van der Waals surface area (Å²) in [6, 6.07) is 10.3. The Morgan fingerprint density at radius 3 is 2.81 bits per heavy atom. The summed E-state index contributed by atoms with van der Waals surface area (Å²) in [4.78, 5) is 12.6. The molecule has 1 heterocycles. The number of benzene rings is 2. The number of nitro benzene ring substituents is 1. The number of nitrogens with one attached hydrogen (secondary N) is 1. The van der Waals surface area contributed by atoms with Gasteiger partial charge < -0.3 is 15.2 Å². The lowest BCUT2D eigenvalue weighted by Crippen LogP contribution is -2.39. The molecule has 8 heteroatoms. The van der Waals surface area contributed by atoms with Gasteiger partial charge in [0.2, 0.25) is 0 Å². The van der Waals surface area contributed by atoms with Crippen molar-refractivity contribution in [3.63, 3.8) is 0 Å². The van der Waals surface area contributed by atoms with Gasteiger partial charge in [0.25, 0.3) is 5.69 Å². The van der Waals surface area contributed by atoms with Crippen LogP contribution < -0.4 is 10.1 Å². The highest BCUT2D eigenvalue weighted by Gasteiger charge is 2.21. The van der Waals surface area contributed by atoms with Crippen LogP contribution in [0, 0.1) is 15.9 Å². The third kappa shape index (κ3) is 4.53. The zero-order valence-corrected chi connectivity index (χ0v) is 15.0. The lowest BCUT2D eigenvalue weighted by atomic mass is 10.00. The van der Waals surface area contributed by atoms with Crippen molar-refractivity contribution in [1.82, 2.24) is 4.90 Å². The molecule has 0 saturated carbocycles. The van der Waals surface area contributed by atoms with Gasteiger partial charge in [0.15, 0.2) is 11.6 Å². The Morgan fingerprint density at radius 1 is 1.37 bits per heavy atom. The summed E-state index contributed by atoms with van der Waals surface area (Å²) in [6.45, 7) is 2.15. The average Bonchev–Trinajstić information content (AvgIpc) is 2.66. The first-order valence-corrected chi connectivity index (χ1v) is 8.71. The number of rotatable bonds is 7. The molecule has 0 aromatic heterocycles. The van der Waals surface area contributed by atoms with Crippen LogP contribution in [-0.4, -0.2) is 47.8 Å². The van der Waals surface area contributed by atoms with Crippen LogP contribution in [-0.2, 0) is 13.0 Å². The topological polar surface area (TPSA) is 87.9 Å². The molecule has 1 atom stereocenters. The summed E-state index contributed by atoms with van der Waals surface area (Å²) >= 11 is 0. The Kier molecular flexibility index (Phi) is 5.88. The maximum absolute atomic E-state index is 13.7. The second-order valence-electron chi connectivity index (χ2n) is 6.55. The monoisotopic (exact) mass is 375 g/mol. The molecule has 0 fully saturated rings. The van der Waals surface area contributed by atoms with E-state index < -0.39 is 22.5 Å². The van der Waals surface area contributed by atoms with Crippen LogP contribution in [0.5, 0.6) is 5.75 Å². The van der Waals surface area contributed by atoms with E-state index in [1.807, 2.05) is 12.1 Å². The summed E-state index contributed by atoms with van der Waals surface area (Å²) in [6.07, 6.45) is 0.197.